The van der Waals surface area contributed by atoms with Crippen molar-refractivity contribution in [3.8, 4) is 5.75 Å². The lowest BCUT2D eigenvalue weighted by atomic mass is 9.83. The number of ether oxygens (including phenoxy) is 1. The van der Waals surface area contributed by atoms with E-state index in [2.05, 4.69) is 0 Å². The predicted octanol–water partition coefficient (Wildman–Crippen LogP) is 2.18. The molecule has 0 aliphatic rings. The van der Waals surface area contributed by atoms with Crippen LogP contribution in [0, 0.1) is 0 Å². The lowest BCUT2D eigenvalue weighted by Gasteiger charge is -2.27. The third-order valence-corrected chi connectivity index (χ3v) is 2.66. The summed E-state index contributed by atoms with van der Waals surface area (Å²) in [5.74, 6) is 0.646. The van der Waals surface area contributed by atoms with Gasteiger partial charge < -0.3 is 10.5 Å². The van der Waals surface area contributed by atoms with Crippen molar-refractivity contribution in [2.24, 2.45) is 5.73 Å². The van der Waals surface area contributed by atoms with E-state index >= 15 is 0 Å². The lowest BCUT2D eigenvalue weighted by Crippen LogP contribution is -2.38. The van der Waals surface area contributed by atoms with E-state index in [0.29, 0.717) is 11.3 Å². The zero-order chi connectivity index (χ0) is 11.5. The molecule has 1 atom stereocenters. The van der Waals surface area contributed by atoms with Crippen LogP contribution in [0.1, 0.15) is 12.5 Å². The van der Waals surface area contributed by atoms with Gasteiger partial charge in [-0.15, -0.1) is 0 Å². The Morgan fingerprint density at radius 1 is 1.33 bits per heavy atom. The van der Waals surface area contributed by atoms with E-state index < -0.39 is 11.8 Å². The highest BCUT2D eigenvalue weighted by atomic mass is 19.3. The number of alkyl halides is 2. The SMILES string of the molecule is COc1ccc(C(C)(CN)C(F)F)cc1. The van der Waals surface area contributed by atoms with Crippen LogP contribution in [0.5, 0.6) is 5.75 Å². The maximum Gasteiger partial charge on any atom is 0.249 e. The molecule has 1 aromatic carbocycles. The monoisotopic (exact) mass is 215 g/mol. The molecule has 15 heavy (non-hydrogen) atoms. The number of benzene rings is 1. The van der Waals surface area contributed by atoms with Crippen molar-refractivity contribution in [3.05, 3.63) is 29.8 Å². The molecule has 84 valence electrons. The summed E-state index contributed by atoms with van der Waals surface area (Å²) in [6.07, 6.45) is -2.48. The molecule has 0 saturated carbocycles. The van der Waals surface area contributed by atoms with Crippen molar-refractivity contribution in [2.75, 3.05) is 13.7 Å². The van der Waals surface area contributed by atoms with Crippen molar-refractivity contribution in [1.29, 1.82) is 0 Å². The largest absolute Gasteiger partial charge is 0.497 e. The number of halogens is 2. The van der Waals surface area contributed by atoms with Gasteiger partial charge in [0.2, 0.25) is 6.43 Å². The highest BCUT2D eigenvalue weighted by Gasteiger charge is 2.35. The number of rotatable bonds is 4. The molecule has 0 radical (unpaired) electrons. The van der Waals surface area contributed by atoms with E-state index in [1.807, 2.05) is 0 Å². The maximum atomic E-state index is 12.8. The average Bonchev–Trinajstić information content (AvgIpc) is 2.28. The second kappa shape index (κ2) is 4.57. The Labute approximate surface area is 88.0 Å². The Morgan fingerprint density at radius 3 is 2.20 bits per heavy atom. The van der Waals surface area contributed by atoms with Crippen LogP contribution in [0.2, 0.25) is 0 Å². The van der Waals surface area contributed by atoms with Crippen molar-refractivity contribution < 1.29 is 13.5 Å². The Kier molecular flexibility index (Phi) is 3.63. The number of hydrogen-bond acceptors (Lipinski definition) is 2. The van der Waals surface area contributed by atoms with Gasteiger partial charge in [-0.05, 0) is 24.6 Å². The minimum Gasteiger partial charge on any atom is -0.497 e. The molecule has 0 aliphatic heterocycles. The van der Waals surface area contributed by atoms with Crippen molar-refractivity contribution in [1.82, 2.24) is 0 Å². The van der Waals surface area contributed by atoms with Gasteiger partial charge in [-0.25, -0.2) is 8.78 Å². The fourth-order valence-corrected chi connectivity index (χ4v) is 1.30. The van der Waals surface area contributed by atoms with Crippen LogP contribution >= 0.6 is 0 Å². The standard InChI is InChI=1S/C11H15F2NO/c1-11(7-14,10(12)13)8-3-5-9(15-2)6-4-8/h3-6,10H,7,14H2,1-2H3. The zero-order valence-corrected chi connectivity index (χ0v) is 8.84. The van der Waals surface area contributed by atoms with Crippen LogP contribution in [-0.4, -0.2) is 20.1 Å². The number of methoxy groups -OCH3 is 1. The summed E-state index contributed by atoms with van der Waals surface area (Å²) in [7, 11) is 1.53. The summed E-state index contributed by atoms with van der Waals surface area (Å²) in [6, 6.07) is 6.56. The summed E-state index contributed by atoms with van der Waals surface area (Å²) >= 11 is 0. The van der Waals surface area contributed by atoms with Crippen LogP contribution in [0.25, 0.3) is 0 Å². The van der Waals surface area contributed by atoms with Crippen molar-refractivity contribution in [2.45, 2.75) is 18.8 Å². The van der Waals surface area contributed by atoms with Gasteiger partial charge >= 0.3 is 0 Å². The summed E-state index contributed by atoms with van der Waals surface area (Å²) in [4.78, 5) is 0. The second-order valence-corrected chi connectivity index (χ2v) is 3.65. The van der Waals surface area contributed by atoms with E-state index in [9.17, 15) is 8.78 Å². The molecule has 0 fully saturated rings. The lowest BCUT2D eigenvalue weighted by molar-refractivity contribution is 0.0637. The molecule has 1 aromatic rings. The predicted molar refractivity (Wildman–Crippen MR) is 55.4 cm³/mol. The molecule has 0 heterocycles. The minimum atomic E-state index is -2.48. The van der Waals surface area contributed by atoms with Crippen molar-refractivity contribution in [3.63, 3.8) is 0 Å². The topological polar surface area (TPSA) is 35.2 Å². The number of hydrogen-bond donors (Lipinski definition) is 1. The Hall–Kier alpha value is -1.16. The quantitative estimate of drug-likeness (QED) is 0.835. The highest BCUT2D eigenvalue weighted by Crippen LogP contribution is 2.30. The molecule has 0 bridgehead atoms. The fourth-order valence-electron chi connectivity index (χ4n) is 1.30. The summed E-state index contributed by atoms with van der Waals surface area (Å²) in [5.41, 5.74) is 4.64. The Balaban J connectivity index is 3.03. The molecule has 2 N–H and O–H groups in total. The van der Waals surface area contributed by atoms with Gasteiger partial charge in [0.15, 0.2) is 0 Å². The third kappa shape index (κ3) is 2.26. The first-order chi connectivity index (χ1) is 7.04. The average molecular weight is 215 g/mol. The molecule has 2 nitrogen and oxygen atoms in total. The van der Waals surface area contributed by atoms with Gasteiger partial charge in [-0.1, -0.05) is 12.1 Å². The summed E-state index contributed by atoms with van der Waals surface area (Å²) < 4.78 is 30.6. The molecule has 0 amide bonds. The van der Waals surface area contributed by atoms with Gasteiger partial charge in [0.1, 0.15) is 5.75 Å². The first-order valence-corrected chi connectivity index (χ1v) is 4.67. The minimum absolute atomic E-state index is 0.0863. The number of nitrogens with two attached hydrogens (primary N) is 1. The molecule has 0 spiro atoms. The van der Waals surface area contributed by atoms with Crippen LogP contribution in [-0.2, 0) is 5.41 Å². The molecular formula is C11H15F2NO. The molecule has 4 heteroatoms. The molecule has 0 aromatic heterocycles. The van der Waals surface area contributed by atoms with Gasteiger partial charge in [0.05, 0.1) is 12.5 Å². The molecule has 1 unspecified atom stereocenters. The van der Waals surface area contributed by atoms with Gasteiger partial charge in [-0.3, -0.25) is 0 Å². The van der Waals surface area contributed by atoms with Crippen LogP contribution in [0.3, 0.4) is 0 Å². The Bertz CT molecular complexity index is 313. The molecule has 1 rings (SSSR count). The first kappa shape index (κ1) is 11.9. The van der Waals surface area contributed by atoms with E-state index in [-0.39, 0.29) is 6.54 Å². The van der Waals surface area contributed by atoms with Gasteiger partial charge in [-0.2, -0.15) is 0 Å². The second-order valence-electron chi connectivity index (χ2n) is 3.65. The third-order valence-electron chi connectivity index (χ3n) is 2.66. The maximum absolute atomic E-state index is 12.8. The van der Waals surface area contributed by atoms with E-state index in [1.165, 1.54) is 14.0 Å². The molecular weight excluding hydrogens is 200 g/mol. The van der Waals surface area contributed by atoms with Crippen LogP contribution < -0.4 is 10.5 Å². The fraction of sp³-hybridized carbons (Fsp3) is 0.455. The van der Waals surface area contributed by atoms with Gasteiger partial charge in [0, 0.05) is 6.54 Å². The summed E-state index contributed by atoms with van der Waals surface area (Å²) in [6.45, 7) is 1.37. The van der Waals surface area contributed by atoms with E-state index in [4.69, 9.17) is 10.5 Å². The van der Waals surface area contributed by atoms with E-state index in [1.54, 1.807) is 24.3 Å². The zero-order valence-electron chi connectivity index (χ0n) is 8.84. The van der Waals surface area contributed by atoms with Gasteiger partial charge in [0.25, 0.3) is 0 Å². The Morgan fingerprint density at radius 2 is 1.87 bits per heavy atom. The first-order valence-electron chi connectivity index (χ1n) is 4.67. The van der Waals surface area contributed by atoms with E-state index in [0.717, 1.165) is 0 Å². The molecule has 0 saturated heterocycles. The normalized spacial score (nSPS) is 15.1. The van der Waals surface area contributed by atoms with Crippen LogP contribution in [0.15, 0.2) is 24.3 Å². The van der Waals surface area contributed by atoms with Crippen LogP contribution in [0.4, 0.5) is 8.78 Å². The van der Waals surface area contributed by atoms with Crippen molar-refractivity contribution >= 4 is 0 Å². The smallest absolute Gasteiger partial charge is 0.249 e. The molecule has 0 aliphatic carbocycles. The highest BCUT2D eigenvalue weighted by molar-refractivity contribution is 5.32. The summed E-state index contributed by atoms with van der Waals surface area (Å²) in [5, 5.41) is 0.